The van der Waals surface area contributed by atoms with E-state index in [0.717, 1.165) is 18.4 Å². The number of hydrogen-bond acceptors (Lipinski definition) is 4. The molecule has 1 aliphatic heterocycles. The lowest BCUT2D eigenvalue weighted by atomic mass is 9.91. The summed E-state index contributed by atoms with van der Waals surface area (Å²) < 4.78 is 24.7. The van der Waals surface area contributed by atoms with Crippen molar-refractivity contribution < 1.29 is 13.5 Å². The van der Waals surface area contributed by atoms with Gasteiger partial charge in [0.05, 0.1) is 24.0 Å². The fraction of sp³-hybridized carbons (Fsp3) is 0.533. The van der Waals surface area contributed by atoms with E-state index in [-0.39, 0.29) is 5.92 Å². The number of nitrogens with zero attached hydrogens (tertiary/aromatic N) is 2. The quantitative estimate of drug-likeness (QED) is 0.917. The molecule has 0 radical (unpaired) electrons. The molecular formula is C15H20N2O3S. The number of benzene rings is 1. The third-order valence-corrected chi connectivity index (χ3v) is 5.20. The van der Waals surface area contributed by atoms with Crippen molar-refractivity contribution in [3.05, 3.63) is 35.4 Å². The Bertz CT molecular complexity index is 619. The molecule has 1 aromatic carbocycles. The first-order chi connectivity index (χ1) is 9.90. The third-order valence-electron chi connectivity index (χ3n) is 3.93. The Kier molecular flexibility index (Phi) is 4.99. The van der Waals surface area contributed by atoms with Crippen LogP contribution in [0.3, 0.4) is 0 Å². The highest BCUT2D eigenvalue weighted by Crippen LogP contribution is 2.28. The van der Waals surface area contributed by atoms with E-state index in [0.29, 0.717) is 25.1 Å². The molecular weight excluding hydrogens is 288 g/mol. The summed E-state index contributed by atoms with van der Waals surface area (Å²) in [4.78, 5) is 0. The molecule has 1 fully saturated rings. The first-order valence-electron chi connectivity index (χ1n) is 7.03. The molecule has 2 unspecified atom stereocenters. The molecule has 0 amide bonds. The minimum absolute atomic E-state index is 0.166. The summed E-state index contributed by atoms with van der Waals surface area (Å²) in [6.45, 7) is 1.05. The number of hydrogen-bond donors (Lipinski definition) is 1. The summed E-state index contributed by atoms with van der Waals surface area (Å²) in [5, 5.41) is 19.0. The lowest BCUT2D eigenvalue weighted by Crippen LogP contribution is -2.39. The Morgan fingerprint density at radius 2 is 2.10 bits per heavy atom. The third kappa shape index (κ3) is 4.27. The van der Waals surface area contributed by atoms with Crippen LogP contribution in [0.25, 0.3) is 0 Å². The molecule has 21 heavy (non-hydrogen) atoms. The molecule has 1 heterocycles. The van der Waals surface area contributed by atoms with Crippen molar-refractivity contribution >= 4 is 10.0 Å². The van der Waals surface area contributed by atoms with Gasteiger partial charge in [-0.15, -0.1) is 0 Å². The van der Waals surface area contributed by atoms with Crippen molar-refractivity contribution in [1.82, 2.24) is 4.31 Å². The normalized spacial score (nSPS) is 21.7. The minimum atomic E-state index is -3.15. The van der Waals surface area contributed by atoms with Gasteiger partial charge in [0.25, 0.3) is 0 Å². The molecule has 1 aromatic rings. The zero-order chi connectivity index (χ0) is 15.5. The molecule has 0 bridgehead atoms. The maximum absolute atomic E-state index is 11.6. The number of aliphatic hydroxyl groups is 1. The molecule has 0 aromatic heterocycles. The highest BCUT2D eigenvalue weighted by Gasteiger charge is 2.27. The van der Waals surface area contributed by atoms with Gasteiger partial charge >= 0.3 is 0 Å². The van der Waals surface area contributed by atoms with Crippen molar-refractivity contribution in [1.29, 1.82) is 5.26 Å². The number of nitriles is 1. The second-order valence-corrected chi connectivity index (χ2v) is 7.60. The molecule has 2 rings (SSSR count). The van der Waals surface area contributed by atoms with Gasteiger partial charge in [-0.1, -0.05) is 12.1 Å². The van der Waals surface area contributed by atoms with Crippen LogP contribution in [0.1, 0.15) is 36.5 Å². The van der Waals surface area contributed by atoms with E-state index in [2.05, 4.69) is 0 Å². The van der Waals surface area contributed by atoms with Crippen molar-refractivity contribution in [3.63, 3.8) is 0 Å². The average Bonchev–Trinajstić information content (AvgIpc) is 2.47. The summed E-state index contributed by atoms with van der Waals surface area (Å²) in [6, 6.07) is 8.91. The summed E-state index contributed by atoms with van der Waals surface area (Å²) in [5.41, 5.74) is 1.33. The van der Waals surface area contributed by atoms with Gasteiger partial charge in [0.15, 0.2) is 0 Å². The van der Waals surface area contributed by atoms with Crippen molar-refractivity contribution in [2.75, 3.05) is 19.3 Å². The average molecular weight is 308 g/mol. The van der Waals surface area contributed by atoms with Crippen LogP contribution in [-0.2, 0) is 10.0 Å². The van der Waals surface area contributed by atoms with Crippen LogP contribution in [0.5, 0.6) is 0 Å². The summed E-state index contributed by atoms with van der Waals surface area (Å²) in [7, 11) is -3.15. The van der Waals surface area contributed by atoms with Crippen LogP contribution >= 0.6 is 0 Å². The highest BCUT2D eigenvalue weighted by atomic mass is 32.2. The first kappa shape index (κ1) is 16.0. The van der Waals surface area contributed by atoms with Crippen molar-refractivity contribution in [3.8, 4) is 6.07 Å². The highest BCUT2D eigenvalue weighted by molar-refractivity contribution is 7.88. The monoisotopic (exact) mass is 308 g/mol. The Morgan fingerprint density at radius 3 is 2.67 bits per heavy atom. The number of piperidine rings is 1. The molecule has 0 aliphatic carbocycles. The van der Waals surface area contributed by atoms with Crippen molar-refractivity contribution in [2.24, 2.45) is 5.92 Å². The Hall–Kier alpha value is -1.42. The van der Waals surface area contributed by atoms with Gasteiger partial charge in [0.1, 0.15) is 0 Å². The van der Waals surface area contributed by atoms with Gasteiger partial charge in [-0.25, -0.2) is 12.7 Å². The largest absolute Gasteiger partial charge is 0.388 e. The SMILES string of the molecule is CS(=O)(=O)N1CCCC(CC(O)c2ccc(C#N)cc2)C1. The van der Waals surface area contributed by atoms with Crippen LogP contribution in [0.2, 0.25) is 0 Å². The van der Waals surface area contributed by atoms with E-state index in [1.54, 1.807) is 24.3 Å². The fourth-order valence-electron chi connectivity index (χ4n) is 2.75. The van der Waals surface area contributed by atoms with Crippen LogP contribution in [0.15, 0.2) is 24.3 Å². The fourth-order valence-corrected chi connectivity index (χ4v) is 3.69. The van der Waals surface area contributed by atoms with E-state index in [1.165, 1.54) is 10.6 Å². The first-order valence-corrected chi connectivity index (χ1v) is 8.88. The van der Waals surface area contributed by atoms with E-state index in [4.69, 9.17) is 5.26 Å². The lowest BCUT2D eigenvalue weighted by Gasteiger charge is -2.32. The minimum Gasteiger partial charge on any atom is -0.388 e. The molecule has 1 aliphatic rings. The molecule has 2 atom stereocenters. The number of sulfonamides is 1. The molecule has 5 nitrogen and oxygen atoms in total. The van der Waals surface area contributed by atoms with Gasteiger partial charge in [0.2, 0.25) is 10.0 Å². The van der Waals surface area contributed by atoms with Gasteiger partial charge in [-0.05, 0) is 42.9 Å². The predicted octanol–water partition coefficient (Wildman–Crippen LogP) is 1.65. The second kappa shape index (κ2) is 6.56. The summed E-state index contributed by atoms with van der Waals surface area (Å²) in [6.07, 6.45) is 2.91. The van der Waals surface area contributed by atoms with Crippen LogP contribution in [-0.4, -0.2) is 37.2 Å². The predicted molar refractivity (Wildman–Crippen MR) is 79.9 cm³/mol. The van der Waals surface area contributed by atoms with Gasteiger partial charge in [0, 0.05) is 13.1 Å². The lowest BCUT2D eigenvalue weighted by molar-refractivity contribution is 0.123. The molecule has 6 heteroatoms. The second-order valence-electron chi connectivity index (χ2n) is 5.61. The van der Waals surface area contributed by atoms with Gasteiger partial charge < -0.3 is 5.11 Å². The molecule has 0 saturated carbocycles. The molecule has 114 valence electrons. The van der Waals surface area contributed by atoms with Crippen LogP contribution in [0.4, 0.5) is 0 Å². The number of aliphatic hydroxyl groups excluding tert-OH is 1. The zero-order valence-corrected chi connectivity index (χ0v) is 12.9. The van der Waals surface area contributed by atoms with Gasteiger partial charge in [-0.3, -0.25) is 0 Å². The van der Waals surface area contributed by atoms with E-state index < -0.39 is 16.1 Å². The van der Waals surface area contributed by atoms with Gasteiger partial charge in [-0.2, -0.15) is 5.26 Å². The Labute approximate surface area is 125 Å². The standard InChI is InChI=1S/C15H20N2O3S/c1-21(19,20)17-8-2-3-13(11-17)9-15(18)14-6-4-12(10-16)5-7-14/h4-7,13,15,18H,2-3,8-9,11H2,1H3. The smallest absolute Gasteiger partial charge is 0.211 e. The maximum Gasteiger partial charge on any atom is 0.211 e. The summed E-state index contributed by atoms with van der Waals surface area (Å²) in [5.74, 6) is 0.166. The Balaban J connectivity index is 1.98. The molecule has 1 saturated heterocycles. The number of rotatable bonds is 4. The zero-order valence-electron chi connectivity index (χ0n) is 12.1. The van der Waals surface area contributed by atoms with Crippen LogP contribution in [0, 0.1) is 17.2 Å². The van der Waals surface area contributed by atoms with E-state index >= 15 is 0 Å². The van der Waals surface area contributed by atoms with Crippen LogP contribution < -0.4 is 0 Å². The Morgan fingerprint density at radius 1 is 1.43 bits per heavy atom. The van der Waals surface area contributed by atoms with Crippen molar-refractivity contribution in [2.45, 2.75) is 25.4 Å². The maximum atomic E-state index is 11.6. The van der Waals surface area contributed by atoms with E-state index in [9.17, 15) is 13.5 Å². The van der Waals surface area contributed by atoms with E-state index in [1.807, 2.05) is 6.07 Å². The molecule has 0 spiro atoms. The molecule has 1 N–H and O–H groups in total. The topological polar surface area (TPSA) is 81.4 Å². The summed E-state index contributed by atoms with van der Waals surface area (Å²) >= 11 is 0.